The zero-order chi connectivity index (χ0) is 11.0. The van der Waals surface area contributed by atoms with Crippen LogP contribution in [0.4, 0.5) is 0 Å². The molecule has 0 amide bonds. The van der Waals surface area contributed by atoms with Crippen LogP contribution < -0.4 is 0 Å². The predicted molar refractivity (Wildman–Crippen MR) is 66.7 cm³/mol. The lowest BCUT2D eigenvalue weighted by atomic mass is 9.62. The second-order valence-electron chi connectivity index (χ2n) is 5.85. The van der Waals surface area contributed by atoms with Crippen LogP contribution in [0.15, 0.2) is 23.8 Å². The summed E-state index contributed by atoms with van der Waals surface area (Å²) < 4.78 is 0. The molecule has 15 heavy (non-hydrogen) atoms. The van der Waals surface area contributed by atoms with Gasteiger partial charge in [0, 0.05) is 0 Å². The van der Waals surface area contributed by atoms with Crippen molar-refractivity contribution in [2.45, 2.75) is 46.5 Å². The minimum atomic E-state index is 0.827. The van der Waals surface area contributed by atoms with E-state index in [0.29, 0.717) is 0 Å². The molecule has 1 saturated carbocycles. The highest BCUT2D eigenvalue weighted by atomic mass is 14.4. The van der Waals surface area contributed by atoms with Gasteiger partial charge < -0.3 is 0 Å². The van der Waals surface area contributed by atoms with Crippen LogP contribution in [-0.2, 0) is 0 Å². The van der Waals surface area contributed by atoms with Gasteiger partial charge in [0.15, 0.2) is 0 Å². The molecule has 1 fully saturated rings. The summed E-state index contributed by atoms with van der Waals surface area (Å²) in [4.78, 5) is 0. The molecule has 0 aromatic rings. The third-order valence-electron chi connectivity index (χ3n) is 4.55. The monoisotopic (exact) mass is 204 g/mol. The van der Waals surface area contributed by atoms with Crippen LogP contribution in [0.3, 0.4) is 0 Å². The van der Waals surface area contributed by atoms with Crippen molar-refractivity contribution in [2.24, 2.45) is 23.7 Å². The molecule has 0 spiro atoms. The standard InChI is InChI=1S/C15H24/c1-10(2)13-8-6-12(4)14-7-5-11(3)9-15(13)14/h6,10,13-15H,3,5,7-9H2,1-2,4H3/t13-,14-,15-/m1/s1. The second kappa shape index (κ2) is 4.15. The molecule has 3 atom stereocenters. The summed E-state index contributed by atoms with van der Waals surface area (Å²) in [6.45, 7) is 11.3. The topological polar surface area (TPSA) is 0 Å². The average molecular weight is 204 g/mol. The largest absolute Gasteiger partial charge is 0.0999 e. The Kier molecular flexibility index (Phi) is 3.04. The van der Waals surface area contributed by atoms with E-state index in [0.717, 1.165) is 23.7 Å². The van der Waals surface area contributed by atoms with Gasteiger partial charge in [0.2, 0.25) is 0 Å². The first-order valence-corrected chi connectivity index (χ1v) is 6.43. The van der Waals surface area contributed by atoms with E-state index >= 15 is 0 Å². The fourth-order valence-electron chi connectivity index (χ4n) is 3.58. The Morgan fingerprint density at radius 3 is 2.80 bits per heavy atom. The maximum atomic E-state index is 4.20. The molecule has 0 aliphatic heterocycles. The summed E-state index contributed by atoms with van der Waals surface area (Å²) in [5, 5.41) is 0. The van der Waals surface area contributed by atoms with E-state index in [9.17, 15) is 0 Å². The number of hydrogen-bond acceptors (Lipinski definition) is 0. The van der Waals surface area contributed by atoms with Gasteiger partial charge in [-0.25, -0.2) is 0 Å². The summed E-state index contributed by atoms with van der Waals surface area (Å²) in [5.41, 5.74) is 3.15. The number of allylic oxidation sites excluding steroid dienone is 3. The summed E-state index contributed by atoms with van der Waals surface area (Å²) in [7, 11) is 0. The van der Waals surface area contributed by atoms with Crippen LogP contribution in [0, 0.1) is 23.7 Å². The van der Waals surface area contributed by atoms with Crippen molar-refractivity contribution in [1.29, 1.82) is 0 Å². The van der Waals surface area contributed by atoms with Gasteiger partial charge in [-0.05, 0) is 56.3 Å². The SMILES string of the molecule is C=C1CC[C@@H]2C(C)=CC[C@H](C(C)C)[C@H]2C1. The molecule has 0 bridgehead atoms. The van der Waals surface area contributed by atoms with Crippen molar-refractivity contribution in [3.8, 4) is 0 Å². The van der Waals surface area contributed by atoms with Crippen molar-refractivity contribution < 1.29 is 0 Å². The van der Waals surface area contributed by atoms with Gasteiger partial charge in [-0.1, -0.05) is 37.6 Å². The first kappa shape index (κ1) is 11.0. The predicted octanol–water partition coefficient (Wildman–Crippen LogP) is 4.58. The van der Waals surface area contributed by atoms with Crippen molar-refractivity contribution in [3.05, 3.63) is 23.8 Å². The Hall–Kier alpha value is -0.520. The number of hydrogen-bond donors (Lipinski definition) is 0. The highest BCUT2D eigenvalue weighted by Crippen LogP contribution is 2.47. The van der Waals surface area contributed by atoms with E-state index in [4.69, 9.17) is 0 Å². The van der Waals surface area contributed by atoms with Crippen molar-refractivity contribution in [1.82, 2.24) is 0 Å². The molecule has 0 N–H and O–H groups in total. The van der Waals surface area contributed by atoms with Crippen molar-refractivity contribution >= 4 is 0 Å². The van der Waals surface area contributed by atoms with Crippen LogP contribution in [0.25, 0.3) is 0 Å². The van der Waals surface area contributed by atoms with E-state index in [-0.39, 0.29) is 0 Å². The molecule has 2 aliphatic rings. The molecule has 2 rings (SSSR count). The van der Waals surface area contributed by atoms with E-state index in [2.05, 4.69) is 33.4 Å². The van der Waals surface area contributed by atoms with Crippen molar-refractivity contribution in [2.75, 3.05) is 0 Å². The molecule has 0 heteroatoms. The third kappa shape index (κ3) is 2.04. The normalized spacial score (nSPS) is 36.4. The lowest BCUT2D eigenvalue weighted by molar-refractivity contribution is 0.158. The van der Waals surface area contributed by atoms with Crippen LogP contribution in [-0.4, -0.2) is 0 Å². The molecular formula is C15H24. The second-order valence-corrected chi connectivity index (χ2v) is 5.85. The van der Waals surface area contributed by atoms with Crippen LogP contribution in [0.1, 0.15) is 46.5 Å². The van der Waals surface area contributed by atoms with Crippen LogP contribution in [0.2, 0.25) is 0 Å². The fraction of sp³-hybridized carbons (Fsp3) is 0.733. The summed E-state index contributed by atoms with van der Waals surface area (Å²) in [6, 6.07) is 0. The van der Waals surface area contributed by atoms with E-state index in [1.54, 1.807) is 5.57 Å². The van der Waals surface area contributed by atoms with Crippen LogP contribution >= 0.6 is 0 Å². The van der Waals surface area contributed by atoms with Gasteiger partial charge in [-0.3, -0.25) is 0 Å². The zero-order valence-electron chi connectivity index (χ0n) is 10.4. The molecule has 0 aromatic heterocycles. The van der Waals surface area contributed by atoms with Gasteiger partial charge in [0.05, 0.1) is 0 Å². The molecule has 2 aliphatic carbocycles. The Morgan fingerprint density at radius 1 is 1.40 bits per heavy atom. The summed E-state index contributed by atoms with van der Waals surface area (Å²) in [5.74, 6) is 3.50. The first-order chi connectivity index (χ1) is 7.09. The smallest absolute Gasteiger partial charge is 0.0169 e. The average Bonchev–Trinajstić information content (AvgIpc) is 2.17. The lowest BCUT2D eigenvalue weighted by Gasteiger charge is -2.43. The Bertz CT molecular complexity index is 282. The highest BCUT2D eigenvalue weighted by Gasteiger charge is 2.37. The molecule has 0 aromatic carbocycles. The van der Waals surface area contributed by atoms with Gasteiger partial charge in [-0.2, -0.15) is 0 Å². The zero-order valence-corrected chi connectivity index (χ0v) is 10.4. The number of rotatable bonds is 1. The Morgan fingerprint density at radius 2 is 2.13 bits per heavy atom. The van der Waals surface area contributed by atoms with E-state index in [1.807, 2.05) is 0 Å². The minimum Gasteiger partial charge on any atom is -0.0999 e. The van der Waals surface area contributed by atoms with E-state index in [1.165, 1.54) is 31.3 Å². The molecule has 0 nitrogen and oxygen atoms in total. The van der Waals surface area contributed by atoms with Crippen molar-refractivity contribution in [3.63, 3.8) is 0 Å². The van der Waals surface area contributed by atoms with Gasteiger partial charge in [-0.15, -0.1) is 0 Å². The minimum absolute atomic E-state index is 0.827. The third-order valence-corrected chi connectivity index (χ3v) is 4.55. The van der Waals surface area contributed by atoms with E-state index < -0.39 is 0 Å². The molecular weight excluding hydrogens is 180 g/mol. The van der Waals surface area contributed by atoms with Gasteiger partial charge >= 0.3 is 0 Å². The highest BCUT2D eigenvalue weighted by molar-refractivity contribution is 5.17. The Labute approximate surface area is 94.5 Å². The van der Waals surface area contributed by atoms with Gasteiger partial charge in [0.25, 0.3) is 0 Å². The molecule has 0 heterocycles. The maximum absolute atomic E-state index is 4.20. The summed E-state index contributed by atoms with van der Waals surface area (Å²) >= 11 is 0. The number of fused-ring (bicyclic) bond motifs is 1. The molecule has 0 unspecified atom stereocenters. The Balaban J connectivity index is 2.21. The lowest BCUT2D eigenvalue weighted by Crippen LogP contribution is -2.33. The molecule has 0 radical (unpaired) electrons. The van der Waals surface area contributed by atoms with Gasteiger partial charge in [0.1, 0.15) is 0 Å². The molecule has 0 saturated heterocycles. The maximum Gasteiger partial charge on any atom is -0.0169 e. The molecule has 84 valence electrons. The quantitative estimate of drug-likeness (QED) is 0.548. The summed E-state index contributed by atoms with van der Waals surface area (Å²) in [6.07, 6.45) is 7.71. The first-order valence-electron chi connectivity index (χ1n) is 6.43. The van der Waals surface area contributed by atoms with Crippen LogP contribution in [0.5, 0.6) is 0 Å². The fourth-order valence-corrected chi connectivity index (χ4v) is 3.58.